The van der Waals surface area contributed by atoms with Gasteiger partial charge in [0.1, 0.15) is 5.82 Å². The van der Waals surface area contributed by atoms with Crippen LogP contribution < -0.4 is 11.3 Å². The fourth-order valence-corrected chi connectivity index (χ4v) is 2.09. The fourth-order valence-electron chi connectivity index (χ4n) is 2.09. The second kappa shape index (κ2) is 6.54. The molecule has 0 aromatic heterocycles. The number of benzene rings is 2. The number of hydrogen-bond acceptors (Lipinski definition) is 2. The summed E-state index contributed by atoms with van der Waals surface area (Å²) in [5.41, 5.74) is 4.03. The number of rotatable bonds is 5. The van der Waals surface area contributed by atoms with Crippen molar-refractivity contribution in [2.45, 2.75) is 18.9 Å². The van der Waals surface area contributed by atoms with Crippen molar-refractivity contribution in [3.8, 4) is 0 Å². The first-order chi connectivity index (χ1) is 9.58. The maximum atomic E-state index is 13.1. The molecule has 1 atom stereocenters. The zero-order valence-electron chi connectivity index (χ0n) is 10.7. The summed E-state index contributed by atoms with van der Waals surface area (Å²) in [6.07, 6.45) is 0.914. The van der Waals surface area contributed by atoms with Crippen molar-refractivity contribution in [3.63, 3.8) is 0 Å². The Balaban J connectivity index is 2.07. The summed E-state index contributed by atoms with van der Waals surface area (Å²) in [6.45, 7) is 0. The Hall–Kier alpha value is -1.85. The van der Waals surface area contributed by atoms with E-state index in [4.69, 9.17) is 5.84 Å². The zero-order chi connectivity index (χ0) is 14.5. The molecule has 2 aromatic carbocycles. The number of nitrogens with two attached hydrogens (primary N) is 1. The third-order valence-electron chi connectivity index (χ3n) is 3.07. The molecule has 3 N–H and O–H groups in total. The van der Waals surface area contributed by atoms with E-state index in [2.05, 4.69) is 5.43 Å². The standard InChI is InChI=1S/C15H15F3N2/c16-12-3-1-2-10(6-12)7-13(20-19)8-11-4-5-14(17)15(18)9-11/h1-6,9,13,20H,7-8,19H2. The summed E-state index contributed by atoms with van der Waals surface area (Å²) >= 11 is 0. The minimum absolute atomic E-state index is 0.193. The molecule has 2 nitrogen and oxygen atoms in total. The molecule has 0 aliphatic rings. The van der Waals surface area contributed by atoms with Crippen molar-refractivity contribution in [2.75, 3.05) is 0 Å². The highest BCUT2D eigenvalue weighted by Crippen LogP contribution is 2.13. The Bertz CT molecular complexity index is 587. The smallest absolute Gasteiger partial charge is 0.159 e. The first kappa shape index (κ1) is 14.6. The van der Waals surface area contributed by atoms with Crippen molar-refractivity contribution >= 4 is 0 Å². The molecule has 20 heavy (non-hydrogen) atoms. The van der Waals surface area contributed by atoms with Crippen LogP contribution in [-0.2, 0) is 12.8 Å². The molecule has 106 valence electrons. The molecule has 5 heteroatoms. The van der Waals surface area contributed by atoms with Crippen LogP contribution in [0.25, 0.3) is 0 Å². The lowest BCUT2D eigenvalue weighted by Crippen LogP contribution is -2.38. The van der Waals surface area contributed by atoms with Gasteiger partial charge in [-0.2, -0.15) is 0 Å². The molecule has 0 saturated heterocycles. The Labute approximate surface area is 115 Å². The first-order valence-corrected chi connectivity index (χ1v) is 6.23. The van der Waals surface area contributed by atoms with E-state index in [0.717, 1.165) is 17.7 Å². The van der Waals surface area contributed by atoms with E-state index in [1.807, 2.05) is 0 Å². The monoisotopic (exact) mass is 280 g/mol. The van der Waals surface area contributed by atoms with Crippen molar-refractivity contribution < 1.29 is 13.2 Å². The van der Waals surface area contributed by atoms with Crippen LogP contribution in [-0.4, -0.2) is 6.04 Å². The van der Waals surface area contributed by atoms with Gasteiger partial charge in [0.05, 0.1) is 0 Å². The second-order valence-electron chi connectivity index (χ2n) is 4.65. The number of hydrazine groups is 1. The van der Waals surface area contributed by atoms with Gasteiger partial charge in [-0.1, -0.05) is 18.2 Å². The average molecular weight is 280 g/mol. The molecule has 2 aromatic rings. The Morgan fingerprint density at radius 2 is 1.60 bits per heavy atom. The number of nitrogens with one attached hydrogen (secondary N) is 1. The van der Waals surface area contributed by atoms with Gasteiger partial charge in [-0.15, -0.1) is 0 Å². The lowest BCUT2D eigenvalue weighted by molar-refractivity contribution is 0.497. The van der Waals surface area contributed by atoms with Gasteiger partial charge in [0.15, 0.2) is 11.6 Å². The van der Waals surface area contributed by atoms with Gasteiger partial charge in [-0.25, -0.2) is 13.2 Å². The van der Waals surface area contributed by atoms with Crippen LogP contribution in [0.3, 0.4) is 0 Å². The number of hydrogen-bond donors (Lipinski definition) is 2. The minimum atomic E-state index is -0.885. The van der Waals surface area contributed by atoms with E-state index in [1.54, 1.807) is 12.1 Å². The zero-order valence-corrected chi connectivity index (χ0v) is 10.7. The van der Waals surface area contributed by atoms with Gasteiger partial charge in [0.2, 0.25) is 0 Å². The molecule has 0 fully saturated rings. The average Bonchev–Trinajstić information content (AvgIpc) is 2.42. The Morgan fingerprint density at radius 1 is 0.900 bits per heavy atom. The summed E-state index contributed by atoms with van der Waals surface area (Å²) in [5.74, 6) is 3.39. The van der Waals surface area contributed by atoms with Crippen molar-refractivity contribution in [1.29, 1.82) is 0 Å². The lowest BCUT2D eigenvalue weighted by Gasteiger charge is -2.16. The molecule has 1 unspecified atom stereocenters. The largest absolute Gasteiger partial charge is 0.271 e. The molecule has 0 heterocycles. The van der Waals surface area contributed by atoms with Crippen LogP contribution in [0.4, 0.5) is 13.2 Å². The normalized spacial score (nSPS) is 12.4. The summed E-state index contributed by atoms with van der Waals surface area (Å²) < 4.78 is 39.1. The first-order valence-electron chi connectivity index (χ1n) is 6.23. The molecular weight excluding hydrogens is 265 g/mol. The molecule has 0 bridgehead atoms. The lowest BCUT2D eigenvalue weighted by atomic mass is 9.99. The van der Waals surface area contributed by atoms with E-state index >= 15 is 0 Å². The highest BCUT2D eigenvalue weighted by Gasteiger charge is 2.11. The van der Waals surface area contributed by atoms with Gasteiger partial charge < -0.3 is 0 Å². The summed E-state index contributed by atoms with van der Waals surface area (Å²) in [4.78, 5) is 0. The van der Waals surface area contributed by atoms with Gasteiger partial charge in [0.25, 0.3) is 0 Å². The molecule has 0 aliphatic carbocycles. The Kier molecular flexibility index (Phi) is 4.76. The summed E-state index contributed by atoms with van der Waals surface area (Å²) in [5, 5.41) is 0. The van der Waals surface area contributed by atoms with Crippen LogP contribution in [0, 0.1) is 17.5 Å². The predicted octanol–water partition coefficient (Wildman–Crippen LogP) is 2.72. The number of halogens is 3. The molecule has 0 aliphatic heterocycles. The molecule has 0 saturated carbocycles. The van der Waals surface area contributed by atoms with Crippen molar-refractivity contribution in [2.24, 2.45) is 5.84 Å². The maximum Gasteiger partial charge on any atom is 0.159 e. The predicted molar refractivity (Wildman–Crippen MR) is 71.3 cm³/mol. The van der Waals surface area contributed by atoms with E-state index in [-0.39, 0.29) is 11.9 Å². The quantitative estimate of drug-likeness (QED) is 0.653. The van der Waals surface area contributed by atoms with Crippen LogP contribution in [0.1, 0.15) is 11.1 Å². The van der Waals surface area contributed by atoms with E-state index < -0.39 is 11.6 Å². The van der Waals surface area contributed by atoms with Gasteiger partial charge >= 0.3 is 0 Å². The van der Waals surface area contributed by atoms with Gasteiger partial charge in [-0.05, 0) is 48.2 Å². The van der Waals surface area contributed by atoms with Crippen molar-refractivity contribution in [3.05, 3.63) is 71.0 Å². The molecule has 0 radical (unpaired) electrons. The summed E-state index contributed by atoms with van der Waals surface area (Å²) in [6, 6.07) is 9.75. The molecule has 0 spiro atoms. The van der Waals surface area contributed by atoms with Gasteiger partial charge in [-0.3, -0.25) is 11.3 Å². The summed E-state index contributed by atoms with van der Waals surface area (Å²) in [7, 11) is 0. The van der Waals surface area contributed by atoms with Crippen LogP contribution in [0.2, 0.25) is 0 Å². The fraction of sp³-hybridized carbons (Fsp3) is 0.200. The van der Waals surface area contributed by atoms with E-state index in [1.165, 1.54) is 18.2 Å². The Morgan fingerprint density at radius 3 is 2.20 bits per heavy atom. The SMILES string of the molecule is NNC(Cc1cccc(F)c1)Cc1ccc(F)c(F)c1. The van der Waals surface area contributed by atoms with E-state index in [9.17, 15) is 13.2 Å². The minimum Gasteiger partial charge on any atom is -0.271 e. The second-order valence-corrected chi connectivity index (χ2v) is 4.65. The molecule has 0 amide bonds. The van der Waals surface area contributed by atoms with Gasteiger partial charge in [0, 0.05) is 6.04 Å². The highest BCUT2D eigenvalue weighted by molar-refractivity contribution is 5.21. The van der Waals surface area contributed by atoms with Crippen molar-refractivity contribution in [1.82, 2.24) is 5.43 Å². The topological polar surface area (TPSA) is 38.0 Å². The van der Waals surface area contributed by atoms with Crippen LogP contribution in [0.5, 0.6) is 0 Å². The van der Waals surface area contributed by atoms with E-state index in [0.29, 0.717) is 18.4 Å². The highest BCUT2D eigenvalue weighted by atomic mass is 19.2. The van der Waals surface area contributed by atoms with Crippen LogP contribution in [0.15, 0.2) is 42.5 Å². The van der Waals surface area contributed by atoms with Crippen LogP contribution >= 0.6 is 0 Å². The maximum absolute atomic E-state index is 13.1. The molecular formula is C15H15F3N2. The molecule has 2 rings (SSSR count). The third kappa shape index (κ3) is 3.82. The third-order valence-corrected chi connectivity index (χ3v) is 3.07.